The highest BCUT2D eigenvalue weighted by Crippen LogP contribution is 2.37. The largest absolute Gasteiger partial charge is 0.327 e. The molecule has 1 aliphatic carbocycles. The summed E-state index contributed by atoms with van der Waals surface area (Å²) in [4.78, 5) is 23.5. The van der Waals surface area contributed by atoms with Gasteiger partial charge in [0.1, 0.15) is 0 Å². The Hall–Kier alpha value is -2.10. The van der Waals surface area contributed by atoms with Crippen molar-refractivity contribution in [2.75, 3.05) is 0 Å². The molecule has 0 bridgehead atoms. The van der Waals surface area contributed by atoms with Crippen molar-refractivity contribution in [2.24, 2.45) is 0 Å². The van der Waals surface area contributed by atoms with E-state index in [0.717, 1.165) is 5.56 Å². The zero-order chi connectivity index (χ0) is 11.3. The molecule has 2 aliphatic rings. The quantitative estimate of drug-likeness (QED) is 0.687. The summed E-state index contributed by atoms with van der Waals surface area (Å²) in [5.41, 5.74) is 2.87. The Kier molecular flexibility index (Phi) is 1.68. The number of allylic oxidation sites excluding steroid dienone is 1. The van der Waals surface area contributed by atoms with Crippen LogP contribution in [0, 0.1) is 0 Å². The minimum atomic E-state index is -0.280. The van der Waals surface area contributed by atoms with Gasteiger partial charge in [-0.1, -0.05) is 24.3 Å². The molecule has 80 valence electrons. The van der Waals surface area contributed by atoms with E-state index in [0.29, 0.717) is 16.8 Å². The first kappa shape index (κ1) is 9.15. The molecule has 0 spiro atoms. The molecule has 2 amide bonds. The molecule has 3 rings (SSSR count). The summed E-state index contributed by atoms with van der Waals surface area (Å²) in [5, 5.41) is 5.39. The van der Waals surface area contributed by atoms with E-state index >= 15 is 0 Å². The van der Waals surface area contributed by atoms with Crippen molar-refractivity contribution in [1.82, 2.24) is 10.6 Å². The number of carbonyl (C=O) groups is 2. The van der Waals surface area contributed by atoms with Crippen LogP contribution in [0.2, 0.25) is 0 Å². The van der Waals surface area contributed by atoms with Crippen LogP contribution in [0.25, 0.3) is 0 Å². The number of ketones is 1. The third-order valence-corrected chi connectivity index (χ3v) is 3.03. The van der Waals surface area contributed by atoms with Gasteiger partial charge in [-0.05, 0) is 12.5 Å². The second-order valence-electron chi connectivity index (χ2n) is 3.99. The average Bonchev–Trinajstić information content (AvgIpc) is 2.54. The van der Waals surface area contributed by atoms with Gasteiger partial charge < -0.3 is 10.6 Å². The fourth-order valence-corrected chi connectivity index (χ4v) is 2.33. The van der Waals surface area contributed by atoms with Gasteiger partial charge >= 0.3 is 6.03 Å². The number of Topliss-reactive ketones (excluding diaryl/α,β-unsaturated/α-hetero) is 1. The molecule has 0 fully saturated rings. The van der Waals surface area contributed by atoms with Crippen LogP contribution in [0.1, 0.15) is 28.9 Å². The van der Waals surface area contributed by atoms with Crippen LogP contribution in [0.4, 0.5) is 4.79 Å². The second-order valence-corrected chi connectivity index (χ2v) is 3.99. The molecule has 0 radical (unpaired) electrons. The van der Waals surface area contributed by atoms with Gasteiger partial charge in [0.15, 0.2) is 5.78 Å². The predicted molar refractivity (Wildman–Crippen MR) is 57.9 cm³/mol. The first-order valence-electron chi connectivity index (χ1n) is 5.10. The number of hydrogen-bond acceptors (Lipinski definition) is 2. The SMILES string of the molecule is CC1=C2C(=O)c3ccccc3[C@@H]2NC(=O)N1. The van der Waals surface area contributed by atoms with Gasteiger partial charge in [0, 0.05) is 16.8 Å². The summed E-state index contributed by atoms with van der Waals surface area (Å²) in [6.45, 7) is 1.75. The Bertz CT molecular complexity index is 546. The highest BCUT2D eigenvalue weighted by molar-refractivity contribution is 6.15. The van der Waals surface area contributed by atoms with Gasteiger partial charge in [0.2, 0.25) is 0 Å². The molecule has 0 unspecified atom stereocenters. The van der Waals surface area contributed by atoms with Crippen LogP contribution in [-0.4, -0.2) is 11.8 Å². The number of rotatable bonds is 0. The van der Waals surface area contributed by atoms with Gasteiger partial charge in [0.25, 0.3) is 0 Å². The lowest BCUT2D eigenvalue weighted by atomic mass is 10.0. The lowest BCUT2D eigenvalue weighted by Gasteiger charge is -2.23. The van der Waals surface area contributed by atoms with Crippen molar-refractivity contribution in [1.29, 1.82) is 0 Å². The van der Waals surface area contributed by atoms with Crippen molar-refractivity contribution in [2.45, 2.75) is 13.0 Å². The lowest BCUT2D eigenvalue weighted by Crippen LogP contribution is -2.42. The van der Waals surface area contributed by atoms with E-state index in [1.54, 1.807) is 13.0 Å². The zero-order valence-electron chi connectivity index (χ0n) is 8.70. The molecule has 1 atom stereocenters. The van der Waals surface area contributed by atoms with Gasteiger partial charge in [0.05, 0.1) is 6.04 Å². The number of nitrogens with one attached hydrogen (secondary N) is 2. The second kappa shape index (κ2) is 2.95. The van der Waals surface area contributed by atoms with Crippen LogP contribution in [-0.2, 0) is 0 Å². The molecule has 2 N–H and O–H groups in total. The lowest BCUT2D eigenvalue weighted by molar-refractivity contribution is 0.103. The predicted octanol–water partition coefficient (Wildman–Crippen LogP) is 1.51. The van der Waals surface area contributed by atoms with Crippen molar-refractivity contribution < 1.29 is 9.59 Å². The maximum atomic E-state index is 12.1. The summed E-state index contributed by atoms with van der Waals surface area (Å²) < 4.78 is 0. The molecule has 1 aromatic rings. The van der Waals surface area contributed by atoms with Crippen LogP contribution in [0.3, 0.4) is 0 Å². The minimum Gasteiger partial charge on any atom is -0.327 e. The zero-order valence-corrected chi connectivity index (χ0v) is 8.70. The topological polar surface area (TPSA) is 58.2 Å². The molecule has 4 nitrogen and oxygen atoms in total. The summed E-state index contributed by atoms with van der Waals surface area (Å²) in [7, 11) is 0. The molecule has 4 heteroatoms. The van der Waals surface area contributed by atoms with E-state index in [-0.39, 0.29) is 17.9 Å². The molecular weight excluding hydrogens is 204 g/mol. The van der Waals surface area contributed by atoms with E-state index in [1.165, 1.54) is 0 Å². The van der Waals surface area contributed by atoms with E-state index < -0.39 is 0 Å². The molecule has 0 saturated heterocycles. The van der Waals surface area contributed by atoms with Gasteiger partial charge in [-0.3, -0.25) is 4.79 Å². The number of urea groups is 1. The summed E-state index contributed by atoms with van der Waals surface area (Å²) in [6, 6.07) is 6.84. The molecule has 1 aromatic carbocycles. The minimum absolute atomic E-state index is 0.00519. The van der Waals surface area contributed by atoms with Crippen LogP contribution < -0.4 is 10.6 Å². The number of carbonyl (C=O) groups excluding carboxylic acids is 2. The fourth-order valence-electron chi connectivity index (χ4n) is 2.33. The molecular formula is C12H10N2O2. The molecule has 0 aromatic heterocycles. The maximum Gasteiger partial charge on any atom is 0.319 e. The standard InChI is InChI=1S/C12H10N2O2/c1-6-9-10(14-12(16)13-6)7-4-2-3-5-8(7)11(9)15/h2-5,10H,1H3,(H2,13,14,16)/t10-/m0/s1. The Morgan fingerprint density at radius 2 is 1.94 bits per heavy atom. The highest BCUT2D eigenvalue weighted by atomic mass is 16.2. The number of benzene rings is 1. The van der Waals surface area contributed by atoms with Crippen LogP contribution in [0.5, 0.6) is 0 Å². The van der Waals surface area contributed by atoms with Gasteiger partial charge in [-0.25, -0.2) is 4.79 Å². The van der Waals surface area contributed by atoms with Crippen molar-refractivity contribution in [3.05, 3.63) is 46.7 Å². The molecule has 1 heterocycles. The molecule has 16 heavy (non-hydrogen) atoms. The average molecular weight is 214 g/mol. The fraction of sp³-hybridized carbons (Fsp3) is 0.167. The number of amides is 2. The first-order valence-corrected chi connectivity index (χ1v) is 5.10. The van der Waals surface area contributed by atoms with E-state index in [2.05, 4.69) is 10.6 Å². The summed E-state index contributed by atoms with van der Waals surface area (Å²) >= 11 is 0. The maximum absolute atomic E-state index is 12.1. The number of fused-ring (bicyclic) bond motifs is 3. The van der Waals surface area contributed by atoms with Gasteiger partial charge in [-0.15, -0.1) is 0 Å². The Morgan fingerprint density at radius 1 is 1.19 bits per heavy atom. The summed E-state index contributed by atoms with van der Waals surface area (Å²) in [5.74, 6) is 0.00519. The normalized spacial score (nSPS) is 22.4. The van der Waals surface area contributed by atoms with Crippen molar-refractivity contribution >= 4 is 11.8 Å². The third kappa shape index (κ3) is 1.04. The third-order valence-electron chi connectivity index (χ3n) is 3.03. The van der Waals surface area contributed by atoms with Gasteiger partial charge in [-0.2, -0.15) is 0 Å². The van der Waals surface area contributed by atoms with Crippen LogP contribution in [0.15, 0.2) is 35.5 Å². The number of hydrogen-bond donors (Lipinski definition) is 2. The first-order chi connectivity index (χ1) is 7.68. The van der Waals surface area contributed by atoms with E-state index in [1.807, 2.05) is 18.2 Å². The molecule has 1 aliphatic heterocycles. The Morgan fingerprint density at radius 3 is 2.75 bits per heavy atom. The van der Waals surface area contributed by atoms with Crippen LogP contribution >= 0.6 is 0 Å². The Labute approximate surface area is 92.3 Å². The summed E-state index contributed by atoms with van der Waals surface area (Å²) in [6.07, 6.45) is 0. The van der Waals surface area contributed by atoms with E-state index in [4.69, 9.17) is 0 Å². The monoisotopic (exact) mass is 214 g/mol. The Balaban J connectivity index is 2.25. The van der Waals surface area contributed by atoms with E-state index in [9.17, 15) is 9.59 Å². The highest BCUT2D eigenvalue weighted by Gasteiger charge is 2.39. The van der Waals surface area contributed by atoms with Crippen molar-refractivity contribution in [3.8, 4) is 0 Å². The molecule has 0 saturated carbocycles. The smallest absolute Gasteiger partial charge is 0.319 e. The van der Waals surface area contributed by atoms with Crippen molar-refractivity contribution in [3.63, 3.8) is 0 Å².